The lowest BCUT2D eigenvalue weighted by atomic mass is 9.63. The van der Waals surface area contributed by atoms with Crippen LogP contribution in [-0.2, 0) is 4.79 Å². The number of carboxylic acid groups (broad SMARTS) is 1. The van der Waals surface area contributed by atoms with Crippen LogP contribution in [0.4, 0.5) is 10.1 Å². The van der Waals surface area contributed by atoms with Crippen molar-refractivity contribution in [2.24, 2.45) is 11.3 Å². The van der Waals surface area contributed by atoms with Crippen LogP contribution in [0.15, 0.2) is 24.3 Å². The van der Waals surface area contributed by atoms with Gasteiger partial charge in [0.25, 0.3) is 0 Å². The molecule has 1 aromatic carbocycles. The topological polar surface area (TPSA) is 49.3 Å². The quantitative estimate of drug-likeness (QED) is 0.882. The molecule has 0 aromatic heterocycles. The van der Waals surface area contributed by atoms with Gasteiger partial charge in [-0.15, -0.1) is 0 Å². The Kier molecular flexibility index (Phi) is 3.76. The summed E-state index contributed by atoms with van der Waals surface area (Å²) < 4.78 is 13.3. The van der Waals surface area contributed by atoms with E-state index in [1.165, 1.54) is 12.1 Å². The van der Waals surface area contributed by atoms with E-state index in [0.29, 0.717) is 12.1 Å². The average molecular weight is 279 g/mol. The van der Waals surface area contributed by atoms with Crippen LogP contribution in [0.3, 0.4) is 0 Å². The lowest BCUT2D eigenvalue weighted by Crippen LogP contribution is -2.55. The number of benzene rings is 1. The normalized spacial score (nSPS) is 28.9. The summed E-state index contributed by atoms with van der Waals surface area (Å²) in [6.07, 6.45) is 2.22. The molecule has 3 nitrogen and oxygen atoms in total. The molecule has 0 heterocycles. The molecule has 2 N–H and O–H groups in total. The van der Waals surface area contributed by atoms with Crippen LogP contribution >= 0.6 is 0 Å². The number of aliphatic carboxylic acids is 1. The Morgan fingerprint density at radius 1 is 1.40 bits per heavy atom. The summed E-state index contributed by atoms with van der Waals surface area (Å²) in [5, 5.41) is 12.8. The summed E-state index contributed by atoms with van der Waals surface area (Å²) in [6.45, 7) is 6.29. The van der Waals surface area contributed by atoms with Crippen molar-refractivity contribution in [1.29, 1.82) is 0 Å². The third-order valence-electron chi connectivity index (χ3n) is 4.47. The number of carbonyl (C=O) groups is 1. The van der Waals surface area contributed by atoms with Crippen LogP contribution in [-0.4, -0.2) is 16.6 Å². The highest BCUT2D eigenvalue weighted by molar-refractivity contribution is 5.83. The van der Waals surface area contributed by atoms with Gasteiger partial charge in [0.15, 0.2) is 0 Å². The fourth-order valence-corrected chi connectivity index (χ4v) is 3.27. The molecule has 1 saturated carbocycles. The van der Waals surface area contributed by atoms with E-state index in [4.69, 9.17) is 0 Å². The highest BCUT2D eigenvalue weighted by Crippen LogP contribution is 2.45. The molecular formula is C16H22FNO2. The van der Waals surface area contributed by atoms with Gasteiger partial charge in [-0.25, -0.2) is 9.18 Å². The molecule has 1 aliphatic carbocycles. The standard InChI is InChI=1S/C16H22FNO2/c1-11-10-15(2,3)7-8-16(11,14(19)20)18-13-6-4-5-12(17)9-13/h4-6,9,11,18H,7-8,10H2,1-3H3,(H,19,20). The zero-order chi connectivity index (χ0) is 15.0. The van der Waals surface area contributed by atoms with Crippen molar-refractivity contribution < 1.29 is 14.3 Å². The van der Waals surface area contributed by atoms with Crippen molar-refractivity contribution in [3.63, 3.8) is 0 Å². The molecule has 4 heteroatoms. The van der Waals surface area contributed by atoms with Gasteiger partial charge in [-0.05, 0) is 48.8 Å². The Morgan fingerprint density at radius 2 is 2.10 bits per heavy atom. The Hall–Kier alpha value is -1.58. The Balaban J connectivity index is 2.29. The molecule has 1 fully saturated rings. The molecule has 0 radical (unpaired) electrons. The SMILES string of the molecule is CC1CC(C)(C)CCC1(Nc1cccc(F)c1)C(=O)O. The number of anilines is 1. The molecule has 2 rings (SSSR count). The van der Waals surface area contributed by atoms with Crippen molar-refractivity contribution >= 4 is 11.7 Å². The van der Waals surface area contributed by atoms with Gasteiger partial charge >= 0.3 is 5.97 Å². The van der Waals surface area contributed by atoms with E-state index in [-0.39, 0.29) is 17.2 Å². The smallest absolute Gasteiger partial charge is 0.329 e. The molecular weight excluding hydrogens is 257 g/mol. The second-order valence-electron chi connectivity index (χ2n) is 6.68. The number of rotatable bonds is 3. The third-order valence-corrected chi connectivity index (χ3v) is 4.47. The maximum absolute atomic E-state index is 13.3. The molecule has 2 atom stereocenters. The van der Waals surface area contributed by atoms with Gasteiger partial charge in [0.05, 0.1) is 0 Å². The van der Waals surface area contributed by atoms with Crippen LogP contribution < -0.4 is 5.32 Å². The summed E-state index contributed by atoms with van der Waals surface area (Å²) in [5.74, 6) is -1.24. The maximum Gasteiger partial charge on any atom is 0.329 e. The van der Waals surface area contributed by atoms with Crippen molar-refractivity contribution in [1.82, 2.24) is 0 Å². The molecule has 0 bridgehead atoms. The van der Waals surface area contributed by atoms with E-state index < -0.39 is 11.5 Å². The molecule has 1 aliphatic rings. The summed E-state index contributed by atoms with van der Waals surface area (Å²) in [5.41, 5.74) is -0.329. The van der Waals surface area contributed by atoms with Gasteiger partial charge in [0.2, 0.25) is 0 Å². The molecule has 110 valence electrons. The van der Waals surface area contributed by atoms with Crippen LogP contribution in [0.25, 0.3) is 0 Å². The second-order valence-corrected chi connectivity index (χ2v) is 6.68. The van der Waals surface area contributed by atoms with E-state index in [0.717, 1.165) is 12.8 Å². The largest absolute Gasteiger partial charge is 0.479 e. The first-order valence-electron chi connectivity index (χ1n) is 7.02. The molecule has 0 amide bonds. The number of nitrogens with one attached hydrogen (secondary N) is 1. The summed E-state index contributed by atoms with van der Waals surface area (Å²) >= 11 is 0. The first-order valence-corrected chi connectivity index (χ1v) is 7.02. The summed E-state index contributed by atoms with van der Waals surface area (Å²) in [4.78, 5) is 11.8. The van der Waals surface area contributed by atoms with Gasteiger partial charge in [0.1, 0.15) is 11.4 Å². The van der Waals surface area contributed by atoms with E-state index in [2.05, 4.69) is 19.2 Å². The lowest BCUT2D eigenvalue weighted by molar-refractivity contribution is -0.146. The fraction of sp³-hybridized carbons (Fsp3) is 0.562. The third kappa shape index (κ3) is 2.79. The van der Waals surface area contributed by atoms with Gasteiger partial charge in [-0.3, -0.25) is 0 Å². The minimum atomic E-state index is -1.01. The number of hydrogen-bond acceptors (Lipinski definition) is 2. The van der Waals surface area contributed by atoms with E-state index in [1.807, 2.05) is 6.92 Å². The fourth-order valence-electron chi connectivity index (χ4n) is 3.27. The monoisotopic (exact) mass is 279 g/mol. The summed E-state index contributed by atoms with van der Waals surface area (Å²) in [7, 11) is 0. The van der Waals surface area contributed by atoms with Crippen LogP contribution in [0.2, 0.25) is 0 Å². The van der Waals surface area contributed by atoms with E-state index >= 15 is 0 Å². The zero-order valence-electron chi connectivity index (χ0n) is 12.2. The van der Waals surface area contributed by atoms with Gasteiger partial charge in [0, 0.05) is 5.69 Å². The predicted molar refractivity (Wildman–Crippen MR) is 77.2 cm³/mol. The number of halogens is 1. The lowest BCUT2D eigenvalue weighted by Gasteiger charge is -2.46. The first kappa shape index (κ1) is 14.8. The van der Waals surface area contributed by atoms with Crippen LogP contribution in [0.5, 0.6) is 0 Å². The van der Waals surface area contributed by atoms with Crippen molar-refractivity contribution in [2.75, 3.05) is 5.32 Å². The van der Waals surface area contributed by atoms with Gasteiger partial charge in [-0.2, -0.15) is 0 Å². The highest BCUT2D eigenvalue weighted by Gasteiger charge is 2.49. The molecule has 0 aliphatic heterocycles. The predicted octanol–water partition coefficient (Wildman–Crippen LogP) is 3.91. The van der Waals surface area contributed by atoms with E-state index in [9.17, 15) is 14.3 Å². The van der Waals surface area contributed by atoms with Gasteiger partial charge < -0.3 is 10.4 Å². The minimum absolute atomic E-state index is 0.0213. The van der Waals surface area contributed by atoms with Crippen molar-refractivity contribution in [2.45, 2.75) is 45.6 Å². The Morgan fingerprint density at radius 3 is 2.65 bits per heavy atom. The molecule has 0 spiro atoms. The van der Waals surface area contributed by atoms with Crippen LogP contribution in [0.1, 0.15) is 40.0 Å². The second kappa shape index (κ2) is 5.08. The highest BCUT2D eigenvalue weighted by atomic mass is 19.1. The minimum Gasteiger partial charge on any atom is -0.479 e. The molecule has 20 heavy (non-hydrogen) atoms. The van der Waals surface area contributed by atoms with Crippen molar-refractivity contribution in [3.05, 3.63) is 30.1 Å². The number of hydrogen-bond donors (Lipinski definition) is 2. The Bertz CT molecular complexity index is 515. The Labute approximate surface area is 119 Å². The van der Waals surface area contributed by atoms with Crippen molar-refractivity contribution in [3.8, 4) is 0 Å². The van der Waals surface area contributed by atoms with E-state index in [1.54, 1.807) is 12.1 Å². The van der Waals surface area contributed by atoms with Crippen LogP contribution in [0, 0.1) is 17.2 Å². The maximum atomic E-state index is 13.3. The average Bonchev–Trinajstić information content (AvgIpc) is 2.32. The first-order chi connectivity index (χ1) is 9.25. The molecule has 1 aromatic rings. The molecule has 2 unspecified atom stereocenters. The summed E-state index contributed by atoms with van der Waals surface area (Å²) in [6, 6.07) is 5.99. The molecule has 0 saturated heterocycles. The number of carboxylic acids is 1. The van der Waals surface area contributed by atoms with Gasteiger partial charge in [-0.1, -0.05) is 26.8 Å². The zero-order valence-corrected chi connectivity index (χ0v) is 12.2.